The summed E-state index contributed by atoms with van der Waals surface area (Å²) in [5, 5.41) is 13.1. The van der Waals surface area contributed by atoms with Gasteiger partial charge in [-0.1, -0.05) is 13.8 Å². The summed E-state index contributed by atoms with van der Waals surface area (Å²) in [6, 6.07) is -0.00483. The van der Waals surface area contributed by atoms with Gasteiger partial charge < -0.3 is 20.1 Å². The highest BCUT2D eigenvalue weighted by Crippen LogP contribution is 2.51. The van der Waals surface area contributed by atoms with Crippen molar-refractivity contribution < 1.29 is 14.6 Å². The average Bonchev–Trinajstić information content (AvgIpc) is 2.33. The lowest BCUT2D eigenvalue weighted by molar-refractivity contribution is -0.178. The summed E-state index contributed by atoms with van der Waals surface area (Å²) >= 11 is 0. The standard InChI is InChI=1S/C16H32N2O3/c1-11(2)18(10-14(3,4)20)13(19)17-12-9-16(7,21-8)15(12,5)6/h11-12,20H,9-10H2,1-8H3,(H,17,19). The quantitative estimate of drug-likeness (QED) is 0.819. The number of nitrogens with one attached hydrogen (secondary N) is 1. The van der Waals surface area contributed by atoms with Crippen LogP contribution in [0, 0.1) is 5.41 Å². The van der Waals surface area contributed by atoms with Gasteiger partial charge in [-0.15, -0.1) is 0 Å². The number of aliphatic hydroxyl groups is 1. The summed E-state index contributed by atoms with van der Waals surface area (Å²) < 4.78 is 5.58. The van der Waals surface area contributed by atoms with E-state index in [1.54, 1.807) is 25.9 Å². The van der Waals surface area contributed by atoms with Crippen LogP contribution in [0.15, 0.2) is 0 Å². The molecule has 2 N–H and O–H groups in total. The lowest BCUT2D eigenvalue weighted by Gasteiger charge is -2.59. The number of amides is 2. The van der Waals surface area contributed by atoms with Crippen molar-refractivity contribution in [2.75, 3.05) is 13.7 Å². The first-order valence-corrected chi connectivity index (χ1v) is 7.69. The molecule has 0 radical (unpaired) electrons. The molecule has 0 saturated heterocycles. The fraction of sp³-hybridized carbons (Fsp3) is 0.938. The van der Waals surface area contributed by atoms with Crippen molar-refractivity contribution in [3.63, 3.8) is 0 Å². The molecule has 1 rings (SSSR count). The minimum Gasteiger partial charge on any atom is -0.389 e. The Balaban J connectivity index is 2.72. The van der Waals surface area contributed by atoms with E-state index in [0.717, 1.165) is 6.42 Å². The number of ether oxygens (including phenoxy) is 1. The molecular weight excluding hydrogens is 268 g/mol. The predicted octanol–water partition coefficient (Wildman–Crippen LogP) is 2.38. The highest BCUT2D eigenvalue weighted by molar-refractivity contribution is 5.75. The van der Waals surface area contributed by atoms with E-state index in [0.29, 0.717) is 6.54 Å². The molecule has 21 heavy (non-hydrogen) atoms. The molecule has 5 nitrogen and oxygen atoms in total. The van der Waals surface area contributed by atoms with E-state index < -0.39 is 5.60 Å². The Morgan fingerprint density at radius 1 is 1.43 bits per heavy atom. The number of methoxy groups -OCH3 is 1. The maximum Gasteiger partial charge on any atom is 0.317 e. The number of hydrogen-bond donors (Lipinski definition) is 2. The first-order valence-electron chi connectivity index (χ1n) is 7.69. The second kappa shape index (κ2) is 5.76. The van der Waals surface area contributed by atoms with Gasteiger partial charge in [-0.25, -0.2) is 4.79 Å². The molecule has 0 heterocycles. The molecule has 0 aromatic heterocycles. The number of nitrogens with zero attached hydrogens (tertiary/aromatic N) is 1. The van der Waals surface area contributed by atoms with Gasteiger partial charge in [-0.05, 0) is 41.0 Å². The molecular formula is C16H32N2O3. The Labute approximate surface area is 129 Å². The summed E-state index contributed by atoms with van der Waals surface area (Å²) in [6.45, 7) is 13.9. The zero-order valence-corrected chi connectivity index (χ0v) is 14.8. The van der Waals surface area contributed by atoms with Crippen molar-refractivity contribution in [1.82, 2.24) is 10.2 Å². The average molecular weight is 300 g/mol. The lowest BCUT2D eigenvalue weighted by atomic mass is 9.56. The number of hydrogen-bond acceptors (Lipinski definition) is 3. The molecule has 0 aliphatic heterocycles. The fourth-order valence-electron chi connectivity index (χ4n) is 2.86. The Hall–Kier alpha value is -0.810. The largest absolute Gasteiger partial charge is 0.389 e. The number of carbonyl (C=O) groups excluding carboxylic acids is 1. The molecule has 2 amide bonds. The Bertz CT molecular complexity index is 387. The molecule has 2 unspecified atom stereocenters. The van der Waals surface area contributed by atoms with Gasteiger partial charge in [0.15, 0.2) is 0 Å². The number of urea groups is 1. The van der Waals surface area contributed by atoms with Crippen LogP contribution in [-0.4, -0.2) is 53.0 Å². The van der Waals surface area contributed by atoms with Gasteiger partial charge >= 0.3 is 6.03 Å². The molecule has 1 fully saturated rings. The van der Waals surface area contributed by atoms with Crippen molar-refractivity contribution in [3.05, 3.63) is 0 Å². The van der Waals surface area contributed by atoms with Crippen LogP contribution in [0.1, 0.15) is 54.9 Å². The van der Waals surface area contributed by atoms with E-state index in [-0.39, 0.29) is 29.1 Å². The summed E-state index contributed by atoms with van der Waals surface area (Å²) in [4.78, 5) is 14.2. The van der Waals surface area contributed by atoms with E-state index in [2.05, 4.69) is 26.1 Å². The van der Waals surface area contributed by atoms with Gasteiger partial charge in [0, 0.05) is 24.6 Å². The number of carbonyl (C=O) groups is 1. The van der Waals surface area contributed by atoms with E-state index in [9.17, 15) is 9.90 Å². The first-order chi connectivity index (χ1) is 9.34. The first kappa shape index (κ1) is 18.2. The van der Waals surface area contributed by atoms with Crippen LogP contribution < -0.4 is 5.32 Å². The van der Waals surface area contributed by atoms with Crippen LogP contribution in [-0.2, 0) is 4.74 Å². The summed E-state index contributed by atoms with van der Waals surface area (Å²) in [6.07, 6.45) is 0.802. The minimum atomic E-state index is -0.905. The summed E-state index contributed by atoms with van der Waals surface area (Å²) in [7, 11) is 1.72. The lowest BCUT2D eigenvalue weighted by Crippen LogP contribution is -2.70. The Morgan fingerprint density at radius 3 is 2.29 bits per heavy atom. The van der Waals surface area contributed by atoms with Crippen LogP contribution in [0.25, 0.3) is 0 Å². The third-order valence-corrected chi connectivity index (χ3v) is 5.02. The summed E-state index contributed by atoms with van der Waals surface area (Å²) in [5.74, 6) is 0. The molecule has 124 valence electrons. The van der Waals surface area contributed by atoms with Gasteiger partial charge in [0.05, 0.1) is 17.7 Å². The van der Waals surface area contributed by atoms with Crippen molar-refractivity contribution in [2.45, 2.75) is 78.2 Å². The van der Waals surface area contributed by atoms with E-state index in [1.165, 1.54) is 0 Å². The van der Waals surface area contributed by atoms with E-state index >= 15 is 0 Å². The zero-order chi connectivity index (χ0) is 16.6. The van der Waals surface area contributed by atoms with Crippen LogP contribution in [0.5, 0.6) is 0 Å². The Morgan fingerprint density at radius 2 is 1.95 bits per heavy atom. The molecule has 5 heteroatoms. The van der Waals surface area contributed by atoms with Gasteiger partial charge in [-0.3, -0.25) is 0 Å². The highest BCUT2D eigenvalue weighted by atomic mass is 16.5. The fourth-order valence-corrected chi connectivity index (χ4v) is 2.86. The predicted molar refractivity (Wildman–Crippen MR) is 84.3 cm³/mol. The SMILES string of the molecule is COC1(C)CC(NC(=O)N(CC(C)(C)O)C(C)C)C1(C)C. The van der Waals surface area contributed by atoms with Crippen LogP contribution in [0.3, 0.4) is 0 Å². The van der Waals surface area contributed by atoms with Crippen molar-refractivity contribution in [2.24, 2.45) is 5.41 Å². The van der Waals surface area contributed by atoms with E-state index in [4.69, 9.17) is 4.74 Å². The molecule has 2 atom stereocenters. The molecule has 0 aromatic rings. The van der Waals surface area contributed by atoms with Gasteiger partial charge in [0.1, 0.15) is 0 Å². The Kier molecular flexibility index (Phi) is 5.01. The van der Waals surface area contributed by atoms with Gasteiger partial charge in [-0.2, -0.15) is 0 Å². The van der Waals surface area contributed by atoms with Crippen LogP contribution in [0.2, 0.25) is 0 Å². The van der Waals surface area contributed by atoms with Crippen LogP contribution in [0.4, 0.5) is 4.79 Å². The van der Waals surface area contributed by atoms with Gasteiger partial charge in [0.2, 0.25) is 0 Å². The maximum atomic E-state index is 12.5. The maximum absolute atomic E-state index is 12.5. The topological polar surface area (TPSA) is 61.8 Å². The minimum absolute atomic E-state index is 0.0356. The monoisotopic (exact) mass is 300 g/mol. The third-order valence-electron chi connectivity index (χ3n) is 5.02. The van der Waals surface area contributed by atoms with E-state index in [1.807, 2.05) is 13.8 Å². The van der Waals surface area contributed by atoms with Crippen molar-refractivity contribution >= 4 is 6.03 Å². The molecule has 0 spiro atoms. The molecule has 0 aromatic carbocycles. The molecule has 1 saturated carbocycles. The van der Waals surface area contributed by atoms with Gasteiger partial charge in [0.25, 0.3) is 0 Å². The highest BCUT2D eigenvalue weighted by Gasteiger charge is 2.58. The van der Waals surface area contributed by atoms with Crippen LogP contribution >= 0.6 is 0 Å². The summed E-state index contributed by atoms with van der Waals surface area (Å²) in [5.41, 5.74) is -1.23. The molecule has 1 aliphatic carbocycles. The molecule has 0 bridgehead atoms. The second-order valence-corrected chi connectivity index (χ2v) is 7.90. The second-order valence-electron chi connectivity index (χ2n) is 7.90. The smallest absolute Gasteiger partial charge is 0.317 e. The van der Waals surface area contributed by atoms with Crippen molar-refractivity contribution in [1.29, 1.82) is 0 Å². The number of rotatable bonds is 5. The normalized spacial score (nSPS) is 28.2. The third kappa shape index (κ3) is 3.69. The molecule has 1 aliphatic rings. The van der Waals surface area contributed by atoms with Crippen molar-refractivity contribution in [3.8, 4) is 0 Å². The zero-order valence-electron chi connectivity index (χ0n) is 14.8.